The van der Waals surface area contributed by atoms with Crippen molar-refractivity contribution in [3.63, 3.8) is 0 Å². The van der Waals surface area contributed by atoms with Gasteiger partial charge in [-0.15, -0.1) is 0 Å². The number of benzene rings is 4. The molecular weight excluding hydrogens is 565 g/mol. The van der Waals surface area contributed by atoms with Crippen LogP contribution in [-0.4, -0.2) is 0 Å². The molecule has 0 saturated heterocycles. The summed E-state index contributed by atoms with van der Waals surface area (Å²) in [7, 11) is 0. The highest BCUT2D eigenvalue weighted by atomic mass is 14.6. The summed E-state index contributed by atoms with van der Waals surface area (Å²) in [5.74, 6) is 1.19. The molecule has 1 atom stereocenters. The maximum absolute atomic E-state index is 2.77. The Bertz CT molecular complexity index is 2060. The second-order valence-electron chi connectivity index (χ2n) is 16.2. The summed E-state index contributed by atoms with van der Waals surface area (Å²) in [5.41, 5.74) is 19.4. The minimum absolute atomic E-state index is 0.0263. The van der Waals surface area contributed by atoms with Crippen LogP contribution in [0, 0.1) is 18.8 Å². The van der Waals surface area contributed by atoms with E-state index in [4.69, 9.17) is 0 Å². The van der Waals surface area contributed by atoms with Crippen LogP contribution < -0.4 is 0 Å². The van der Waals surface area contributed by atoms with E-state index in [2.05, 4.69) is 141 Å². The lowest BCUT2D eigenvalue weighted by atomic mass is 9.64. The molecule has 0 nitrogen and oxygen atoms in total. The number of rotatable bonds is 6. The van der Waals surface area contributed by atoms with Gasteiger partial charge in [-0.1, -0.05) is 145 Å². The van der Waals surface area contributed by atoms with Crippen molar-refractivity contribution in [2.75, 3.05) is 0 Å². The molecule has 240 valence electrons. The summed E-state index contributed by atoms with van der Waals surface area (Å²) in [6, 6.07) is 26.5. The fourth-order valence-corrected chi connectivity index (χ4v) is 10.8. The zero-order valence-electron chi connectivity index (χ0n) is 30.2. The lowest BCUT2D eigenvalue weighted by Crippen LogP contribution is -2.30. The molecule has 4 aliphatic rings. The highest BCUT2D eigenvalue weighted by Crippen LogP contribution is 2.67. The molecule has 1 unspecified atom stereocenters. The van der Waals surface area contributed by atoms with Gasteiger partial charge in [-0.05, 0) is 123 Å². The molecule has 1 spiro atoms. The van der Waals surface area contributed by atoms with Gasteiger partial charge in [-0.3, -0.25) is 0 Å². The van der Waals surface area contributed by atoms with Gasteiger partial charge in [0.2, 0.25) is 0 Å². The van der Waals surface area contributed by atoms with E-state index in [1.807, 2.05) is 0 Å². The third-order valence-corrected chi connectivity index (χ3v) is 13.1. The molecular formula is C47H52. The number of hydrogen-bond donors (Lipinski definition) is 0. The molecule has 0 amide bonds. The first-order valence-corrected chi connectivity index (χ1v) is 18.5. The van der Waals surface area contributed by atoms with Crippen molar-refractivity contribution in [1.29, 1.82) is 0 Å². The Morgan fingerprint density at radius 1 is 0.638 bits per heavy atom. The Labute approximate surface area is 283 Å². The minimum Gasteiger partial charge on any atom is -0.0657 e. The molecule has 4 aliphatic carbocycles. The predicted molar refractivity (Wildman–Crippen MR) is 203 cm³/mol. The van der Waals surface area contributed by atoms with Crippen molar-refractivity contribution in [3.8, 4) is 11.1 Å². The summed E-state index contributed by atoms with van der Waals surface area (Å²) >= 11 is 0. The quantitative estimate of drug-likeness (QED) is 0.202. The summed E-state index contributed by atoms with van der Waals surface area (Å²) < 4.78 is 0. The minimum atomic E-state index is -0.171. The monoisotopic (exact) mass is 616 g/mol. The van der Waals surface area contributed by atoms with Crippen LogP contribution in [0.4, 0.5) is 0 Å². The number of aryl methyl sites for hydroxylation is 1. The molecule has 0 aromatic heterocycles. The Balaban J connectivity index is 1.48. The highest BCUT2D eigenvalue weighted by Gasteiger charge is 2.54. The highest BCUT2D eigenvalue weighted by molar-refractivity contribution is 6.12. The van der Waals surface area contributed by atoms with Gasteiger partial charge < -0.3 is 0 Å². The predicted octanol–water partition coefficient (Wildman–Crippen LogP) is 13.0. The molecule has 0 fully saturated rings. The smallest absolute Gasteiger partial charge is 0.0443 e. The molecule has 4 aromatic rings. The summed E-state index contributed by atoms with van der Waals surface area (Å²) in [5, 5.41) is 2.81. The van der Waals surface area contributed by atoms with Crippen molar-refractivity contribution in [2.45, 2.75) is 111 Å². The second kappa shape index (κ2) is 10.4. The van der Waals surface area contributed by atoms with Crippen LogP contribution in [0.1, 0.15) is 126 Å². The first-order chi connectivity index (χ1) is 22.5. The maximum atomic E-state index is 2.77. The number of fused-ring (bicyclic) bond motifs is 12. The van der Waals surface area contributed by atoms with Gasteiger partial charge in [0.25, 0.3) is 0 Å². The molecule has 0 N–H and O–H groups in total. The average Bonchev–Trinajstić information content (AvgIpc) is 3.57. The first-order valence-electron chi connectivity index (χ1n) is 18.5. The van der Waals surface area contributed by atoms with Crippen molar-refractivity contribution >= 4 is 21.9 Å². The lowest BCUT2D eigenvalue weighted by molar-refractivity contribution is 0.491. The summed E-state index contributed by atoms with van der Waals surface area (Å²) in [4.78, 5) is 0. The Hall–Kier alpha value is -3.64. The van der Waals surface area contributed by atoms with E-state index in [0.29, 0.717) is 11.8 Å². The van der Waals surface area contributed by atoms with Crippen LogP contribution in [0.15, 0.2) is 90.0 Å². The van der Waals surface area contributed by atoms with E-state index in [9.17, 15) is 0 Å². The second-order valence-corrected chi connectivity index (χ2v) is 16.2. The normalized spacial score (nSPS) is 21.3. The Morgan fingerprint density at radius 3 is 2.04 bits per heavy atom. The van der Waals surface area contributed by atoms with E-state index in [1.165, 1.54) is 69.8 Å². The zero-order valence-corrected chi connectivity index (χ0v) is 30.2. The molecule has 0 heterocycles. The van der Waals surface area contributed by atoms with Gasteiger partial charge in [0.05, 0.1) is 0 Å². The SMILES string of the molecule is CCC(CC)C1=CC2(CC(C(CC)CC)=C1)c1ccc3c(c1-c1ccc4cc(C)ccc4c12)C(C)(C)C1=C3C(C)(C)c2ccccc21. The van der Waals surface area contributed by atoms with Crippen molar-refractivity contribution in [2.24, 2.45) is 11.8 Å². The van der Waals surface area contributed by atoms with Gasteiger partial charge in [0, 0.05) is 16.2 Å². The van der Waals surface area contributed by atoms with Crippen molar-refractivity contribution < 1.29 is 0 Å². The van der Waals surface area contributed by atoms with Gasteiger partial charge in [-0.25, -0.2) is 0 Å². The van der Waals surface area contributed by atoms with E-state index in [-0.39, 0.29) is 16.2 Å². The molecule has 0 saturated carbocycles. The van der Waals surface area contributed by atoms with Crippen LogP contribution in [0.2, 0.25) is 0 Å². The standard InChI is InChI=1S/C47H52/c1-10-29(11-2)32-25-33(30(12-3)13-4)27-47(26-32)39-23-22-37-42(40(39)36-21-19-31-24-28(5)18-20-34(31)41(36)47)46(8,9)43-35-16-14-15-17-38(35)45(6,7)44(37)43/h14-26,29-30H,10-13,27H2,1-9H3. The Morgan fingerprint density at radius 2 is 1.32 bits per heavy atom. The zero-order chi connectivity index (χ0) is 33.0. The molecule has 0 bridgehead atoms. The fourth-order valence-electron chi connectivity index (χ4n) is 10.8. The number of allylic oxidation sites excluding steroid dienone is 6. The largest absolute Gasteiger partial charge is 0.0657 e. The van der Waals surface area contributed by atoms with Crippen LogP contribution >= 0.6 is 0 Å². The van der Waals surface area contributed by atoms with Crippen LogP contribution in [0.5, 0.6) is 0 Å². The average molecular weight is 617 g/mol. The Kier molecular flexibility index (Phi) is 6.81. The third-order valence-electron chi connectivity index (χ3n) is 13.1. The van der Waals surface area contributed by atoms with E-state index in [0.717, 1.165) is 6.42 Å². The van der Waals surface area contributed by atoms with E-state index in [1.54, 1.807) is 39.0 Å². The van der Waals surface area contributed by atoms with E-state index < -0.39 is 0 Å². The number of hydrogen-bond acceptors (Lipinski definition) is 0. The van der Waals surface area contributed by atoms with E-state index >= 15 is 0 Å². The van der Waals surface area contributed by atoms with Crippen molar-refractivity contribution in [3.05, 3.63) is 129 Å². The van der Waals surface area contributed by atoms with Crippen LogP contribution in [0.3, 0.4) is 0 Å². The lowest BCUT2D eigenvalue weighted by Gasteiger charge is -2.39. The molecule has 0 radical (unpaired) electrons. The van der Waals surface area contributed by atoms with Gasteiger partial charge in [0.1, 0.15) is 0 Å². The molecule has 4 aromatic carbocycles. The topological polar surface area (TPSA) is 0 Å². The third kappa shape index (κ3) is 3.94. The van der Waals surface area contributed by atoms with Gasteiger partial charge in [0.15, 0.2) is 0 Å². The van der Waals surface area contributed by atoms with Gasteiger partial charge in [-0.2, -0.15) is 0 Å². The van der Waals surface area contributed by atoms with Crippen molar-refractivity contribution in [1.82, 2.24) is 0 Å². The molecule has 0 heteroatoms. The molecule has 47 heavy (non-hydrogen) atoms. The maximum Gasteiger partial charge on any atom is 0.0443 e. The fraction of sp³-hybridized carbons (Fsp3) is 0.404. The van der Waals surface area contributed by atoms with Crippen LogP contribution in [0.25, 0.3) is 33.0 Å². The van der Waals surface area contributed by atoms with Crippen LogP contribution in [-0.2, 0) is 16.2 Å². The van der Waals surface area contributed by atoms with Gasteiger partial charge >= 0.3 is 0 Å². The molecule has 0 aliphatic heterocycles. The summed E-state index contributed by atoms with van der Waals surface area (Å²) in [6.07, 6.45) is 11.3. The molecule has 8 rings (SSSR count). The first kappa shape index (κ1) is 30.7. The summed E-state index contributed by atoms with van der Waals surface area (Å²) in [6.45, 7) is 21.7.